The molecule has 0 fully saturated rings. The molecule has 1 N–H and O–H groups in total. The minimum atomic E-state index is 0.138. The van der Waals surface area contributed by atoms with Crippen molar-refractivity contribution in [2.75, 3.05) is 0 Å². The Labute approximate surface area is 201 Å². The Bertz CT molecular complexity index is 346. The first kappa shape index (κ1) is 30.2. The van der Waals surface area contributed by atoms with E-state index >= 15 is 0 Å². The molecule has 30 heavy (non-hydrogen) atoms. The third-order valence-corrected chi connectivity index (χ3v) is 6.79. The molecule has 0 aliphatic rings. The molecular weight excluding hydrogens is 402 g/mol. The zero-order chi connectivity index (χ0) is 22.3. The summed E-state index contributed by atoms with van der Waals surface area (Å²) in [7, 11) is 0. The average Bonchev–Trinajstić information content (AvgIpc) is 2.70. The molecule has 0 rings (SSSR count). The molecule has 0 unspecified atom stereocenters. The van der Waals surface area contributed by atoms with E-state index in [1.807, 2.05) is 0 Å². The normalized spacial score (nSPS) is 11.7. The molecule has 3 heteroatoms. The van der Waals surface area contributed by atoms with Gasteiger partial charge in [0.05, 0.1) is 0 Å². The van der Waals surface area contributed by atoms with Crippen molar-refractivity contribution >= 4 is 29.2 Å². The molecule has 180 valence electrons. The number of nitrogens with one attached hydrogen (secondary N) is 1. The van der Waals surface area contributed by atoms with Crippen LogP contribution in [-0.2, 0) is 0 Å². The topological polar surface area (TPSA) is 12.0 Å². The Kier molecular flexibility index (Phi) is 22.6. The third kappa shape index (κ3) is 21.5. The van der Waals surface area contributed by atoms with Crippen LogP contribution in [0.4, 0.5) is 0 Å². The number of hydrogen-bond donors (Lipinski definition) is 2. The van der Waals surface area contributed by atoms with Gasteiger partial charge in [-0.15, -0.1) is 12.6 Å². The predicted octanol–water partition coefficient (Wildman–Crippen LogP) is 10.2. The van der Waals surface area contributed by atoms with Crippen LogP contribution in [-0.4, -0.2) is 9.86 Å². The quantitative estimate of drug-likeness (QED) is 0.0898. The summed E-state index contributed by atoms with van der Waals surface area (Å²) in [6.45, 7) is 6.94. The standard InChI is InChI=1S/C27H55NS2/c1-4-6-8-10-12-14-16-18-20-22-24-27(3,28-26(29)30)25-23-21-19-17-15-13-11-9-7-5-2/h4-25H2,1-3H3,(H2,28,29,30). The lowest BCUT2D eigenvalue weighted by Crippen LogP contribution is -2.43. The molecule has 0 radical (unpaired) electrons. The summed E-state index contributed by atoms with van der Waals surface area (Å²) in [4.78, 5) is 0. The molecule has 0 atom stereocenters. The summed E-state index contributed by atoms with van der Waals surface area (Å²) in [6.07, 6.45) is 30.4. The maximum absolute atomic E-state index is 5.26. The van der Waals surface area contributed by atoms with Crippen molar-refractivity contribution in [2.24, 2.45) is 0 Å². The van der Waals surface area contributed by atoms with Gasteiger partial charge in [-0.05, 0) is 19.8 Å². The van der Waals surface area contributed by atoms with Gasteiger partial charge in [0.25, 0.3) is 0 Å². The van der Waals surface area contributed by atoms with Crippen LogP contribution in [0.3, 0.4) is 0 Å². The van der Waals surface area contributed by atoms with Crippen molar-refractivity contribution < 1.29 is 0 Å². The molecule has 0 aromatic heterocycles. The predicted molar refractivity (Wildman–Crippen MR) is 146 cm³/mol. The Morgan fingerprint density at radius 1 is 0.567 bits per heavy atom. The lowest BCUT2D eigenvalue weighted by atomic mass is 9.88. The lowest BCUT2D eigenvalue weighted by molar-refractivity contribution is 0.331. The molecule has 0 aliphatic heterocycles. The van der Waals surface area contributed by atoms with Crippen LogP contribution in [0.15, 0.2) is 0 Å². The van der Waals surface area contributed by atoms with E-state index in [0.29, 0.717) is 4.32 Å². The maximum Gasteiger partial charge on any atom is 0.131 e. The fourth-order valence-corrected chi connectivity index (χ4v) is 5.03. The maximum atomic E-state index is 5.26. The number of unbranched alkanes of at least 4 members (excludes halogenated alkanes) is 18. The van der Waals surface area contributed by atoms with Crippen molar-refractivity contribution in [1.29, 1.82) is 0 Å². The van der Waals surface area contributed by atoms with E-state index in [1.54, 1.807) is 0 Å². The number of hydrogen-bond acceptors (Lipinski definition) is 1. The smallest absolute Gasteiger partial charge is 0.131 e. The fourth-order valence-electron chi connectivity index (χ4n) is 4.51. The molecule has 0 aromatic rings. The van der Waals surface area contributed by atoms with E-state index in [0.717, 1.165) is 0 Å². The summed E-state index contributed by atoms with van der Waals surface area (Å²) < 4.78 is 0.664. The molecule has 0 saturated carbocycles. The summed E-state index contributed by atoms with van der Waals surface area (Å²) in [6, 6.07) is 0. The van der Waals surface area contributed by atoms with Crippen molar-refractivity contribution in [3.63, 3.8) is 0 Å². The first-order valence-electron chi connectivity index (χ1n) is 13.5. The van der Waals surface area contributed by atoms with Crippen LogP contribution in [0.1, 0.15) is 162 Å². The van der Waals surface area contributed by atoms with Crippen LogP contribution >= 0.6 is 24.8 Å². The summed E-state index contributed by atoms with van der Waals surface area (Å²) in [5, 5.41) is 3.51. The summed E-state index contributed by atoms with van der Waals surface area (Å²) in [5.41, 5.74) is 0.138. The molecule has 1 nitrogen and oxygen atoms in total. The second kappa shape index (κ2) is 22.4. The zero-order valence-electron chi connectivity index (χ0n) is 20.9. The molecule has 0 saturated heterocycles. The second-order valence-corrected chi connectivity index (χ2v) is 11.0. The largest absolute Gasteiger partial charge is 0.366 e. The van der Waals surface area contributed by atoms with Gasteiger partial charge in [0.1, 0.15) is 4.32 Å². The van der Waals surface area contributed by atoms with E-state index < -0.39 is 0 Å². The number of rotatable bonds is 23. The first-order valence-corrected chi connectivity index (χ1v) is 14.4. The molecular formula is C27H55NS2. The van der Waals surface area contributed by atoms with E-state index in [-0.39, 0.29) is 5.54 Å². The highest BCUT2D eigenvalue weighted by molar-refractivity contribution is 8.11. The highest BCUT2D eigenvalue weighted by atomic mass is 32.1. The first-order chi connectivity index (χ1) is 14.5. The minimum Gasteiger partial charge on any atom is -0.366 e. The highest BCUT2D eigenvalue weighted by Gasteiger charge is 2.23. The van der Waals surface area contributed by atoms with Crippen molar-refractivity contribution in [2.45, 2.75) is 168 Å². The lowest BCUT2D eigenvalue weighted by Gasteiger charge is -2.31. The van der Waals surface area contributed by atoms with Crippen LogP contribution in [0, 0.1) is 0 Å². The van der Waals surface area contributed by atoms with Gasteiger partial charge < -0.3 is 5.32 Å². The number of thiol groups is 1. The van der Waals surface area contributed by atoms with Gasteiger partial charge in [0, 0.05) is 5.54 Å². The third-order valence-electron chi connectivity index (χ3n) is 6.57. The van der Waals surface area contributed by atoms with Crippen molar-refractivity contribution in [1.82, 2.24) is 5.32 Å². The summed E-state index contributed by atoms with van der Waals surface area (Å²) in [5.74, 6) is 0. The molecule has 0 heterocycles. The zero-order valence-corrected chi connectivity index (χ0v) is 22.6. The van der Waals surface area contributed by atoms with E-state index in [2.05, 4.69) is 38.7 Å². The molecule has 0 aliphatic carbocycles. The average molecular weight is 458 g/mol. The molecule has 0 amide bonds. The second-order valence-electron chi connectivity index (χ2n) is 9.85. The monoisotopic (exact) mass is 457 g/mol. The van der Waals surface area contributed by atoms with E-state index in [9.17, 15) is 0 Å². The Balaban J connectivity index is 3.76. The fraction of sp³-hybridized carbons (Fsp3) is 0.963. The Morgan fingerprint density at radius 3 is 1.10 bits per heavy atom. The van der Waals surface area contributed by atoms with Gasteiger partial charge in [-0.25, -0.2) is 0 Å². The molecule has 0 aromatic carbocycles. The van der Waals surface area contributed by atoms with Crippen LogP contribution in [0.5, 0.6) is 0 Å². The molecule has 0 spiro atoms. The minimum absolute atomic E-state index is 0.138. The van der Waals surface area contributed by atoms with Crippen molar-refractivity contribution in [3.05, 3.63) is 0 Å². The van der Waals surface area contributed by atoms with E-state index in [4.69, 9.17) is 12.2 Å². The highest BCUT2D eigenvalue weighted by Crippen LogP contribution is 2.24. The van der Waals surface area contributed by atoms with Crippen LogP contribution in [0.25, 0.3) is 0 Å². The summed E-state index contributed by atoms with van der Waals surface area (Å²) >= 11 is 9.62. The SMILES string of the molecule is CCCCCCCCCCCCC(C)(CCCCCCCCCCCC)NC(=S)S. The van der Waals surface area contributed by atoms with Gasteiger partial charge >= 0.3 is 0 Å². The Morgan fingerprint density at radius 2 is 0.833 bits per heavy atom. The van der Waals surface area contributed by atoms with Gasteiger partial charge in [0.2, 0.25) is 0 Å². The van der Waals surface area contributed by atoms with E-state index in [1.165, 1.54) is 141 Å². The number of thiocarbonyl (C=S) groups is 1. The van der Waals surface area contributed by atoms with Crippen LogP contribution in [0.2, 0.25) is 0 Å². The molecule has 0 bridgehead atoms. The Hall–Kier alpha value is 0.240. The van der Waals surface area contributed by atoms with Gasteiger partial charge in [-0.3, -0.25) is 0 Å². The van der Waals surface area contributed by atoms with Gasteiger partial charge in [-0.2, -0.15) is 0 Å². The van der Waals surface area contributed by atoms with Gasteiger partial charge in [0.15, 0.2) is 0 Å². The van der Waals surface area contributed by atoms with Gasteiger partial charge in [-0.1, -0.05) is 154 Å². The van der Waals surface area contributed by atoms with Crippen molar-refractivity contribution in [3.8, 4) is 0 Å². The van der Waals surface area contributed by atoms with Crippen LogP contribution < -0.4 is 5.32 Å².